The van der Waals surface area contributed by atoms with Crippen LogP contribution in [0.2, 0.25) is 0 Å². The fraction of sp³-hybridized carbons (Fsp3) is 0.438. The molecular formula is C16H19N3O3S. The van der Waals surface area contributed by atoms with Crippen LogP contribution in [0.25, 0.3) is 0 Å². The lowest BCUT2D eigenvalue weighted by atomic mass is 10.2. The number of hydrogen-bond donors (Lipinski definition) is 2. The molecule has 122 valence electrons. The molecule has 1 heterocycles. The highest BCUT2D eigenvalue weighted by atomic mass is 32.2. The van der Waals surface area contributed by atoms with E-state index in [4.69, 9.17) is 0 Å². The van der Waals surface area contributed by atoms with Gasteiger partial charge < -0.3 is 15.5 Å². The third-order valence-electron chi connectivity index (χ3n) is 3.79. The molecule has 1 aromatic rings. The zero-order valence-corrected chi connectivity index (χ0v) is 13.5. The maximum atomic E-state index is 11.9. The molecule has 1 aliphatic carbocycles. The number of hydrogen-bond acceptors (Lipinski definition) is 4. The summed E-state index contributed by atoms with van der Waals surface area (Å²) in [4.78, 5) is 36.7. The molecule has 1 saturated heterocycles. The molecule has 1 saturated carbocycles. The predicted octanol–water partition coefficient (Wildman–Crippen LogP) is 1.18. The number of rotatable bonds is 6. The lowest BCUT2D eigenvalue weighted by Crippen LogP contribution is -2.37. The Kier molecular flexibility index (Phi) is 4.85. The van der Waals surface area contributed by atoms with Gasteiger partial charge in [-0.1, -0.05) is 12.1 Å². The van der Waals surface area contributed by atoms with Gasteiger partial charge in [0.05, 0.1) is 11.6 Å². The first-order chi connectivity index (χ1) is 11.1. The molecule has 0 spiro atoms. The summed E-state index contributed by atoms with van der Waals surface area (Å²) in [6.07, 6.45) is 1.93. The Labute approximate surface area is 139 Å². The number of benzene rings is 1. The third-order valence-corrected chi connectivity index (χ3v) is 4.74. The largest absolute Gasteiger partial charge is 0.350 e. The standard InChI is InChI=1S/C16H19N3O3S/c20-14(8-19-10-23-9-15(19)21)17-7-11-2-1-3-13(6-11)18-16(22)12-4-5-12/h1-3,6,12H,4-5,7-10H2,(H,17,20)(H,18,22). The van der Waals surface area contributed by atoms with Crippen molar-refractivity contribution in [3.05, 3.63) is 29.8 Å². The number of nitrogens with one attached hydrogen (secondary N) is 2. The maximum Gasteiger partial charge on any atom is 0.239 e. The van der Waals surface area contributed by atoms with Crippen molar-refractivity contribution in [3.8, 4) is 0 Å². The monoisotopic (exact) mass is 333 g/mol. The Morgan fingerprint density at radius 1 is 1.30 bits per heavy atom. The van der Waals surface area contributed by atoms with Gasteiger partial charge in [-0.15, -0.1) is 11.8 Å². The van der Waals surface area contributed by atoms with Gasteiger partial charge >= 0.3 is 0 Å². The number of carbonyl (C=O) groups is 3. The number of anilines is 1. The molecular weight excluding hydrogens is 314 g/mol. The smallest absolute Gasteiger partial charge is 0.239 e. The highest BCUT2D eigenvalue weighted by Gasteiger charge is 2.29. The Morgan fingerprint density at radius 3 is 2.83 bits per heavy atom. The van der Waals surface area contributed by atoms with Crippen molar-refractivity contribution in [3.63, 3.8) is 0 Å². The van der Waals surface area contributed by atoms with E-state index < -0.39 is 0 Å². The molecule has 0 bridgehead atoms. The van der Waals surface area contributed by atoms with Gasteiger partial charge in [-0.3, -0.25) is 14.4 Å². The zero-order chi connectivity index (χ0) is 16.2. The Bertz CT molecular complexity index is 631. The van der Waals surface area contributed by atoms with E-state index in [-0.39, 0.29) is 30.2 Å². The first-order valence-corrected chi connectivity index (χ1v) is 8.79. The summed E-state index contributed by atoms with van der Waals surface area (Å²) in [5.41, 5.74) is 1.66. The Balaban J connectivity index is 1.48. The minimum Gasteiger partial charge on any atom is -0.350 e. The molecule has 0 radical (unpaired) electrons. The van der Waals surface area contributed by atoms with Gasteiger partial charge in [-0.2, -0.15) is 0 Å². The SMILES string of the molecule is O=C(CN1CSCC1=O)NCc1cccc(NC(=O)C2CC2)c1. The molecule has 1 aliphatic heterocycles. The summed E-state index contributed by atoms with van der Waals surface area (Å²) in [6.45, 7) is 0.477. The van der Waals surface area contributed by atoms with E-state index in [2.05, 4.69) is 10.6 Å². The molecule has 7 heteroatoms. The quantitative estimate of drug-likeness (QED) is 0.819. The van der Waals surface area contributed by atoms with E-state index in [0.29, 0.717) is 18.2 Å². The maximum absolute atomic E-state index is 11.9. The molecule has 6 nitrogen and oxygen atoms in total. The summed E-state index contributed by atoms with van der Waals surface area (Å²) in [7, 11) is 0. The van der Waals surface area contributed by atoms with E-state index >= 15 is 0 Å². The normalized spacial score (nSPS) is 17.2. The van der Waals surface area contributed by atoms with Crippen molar-refractivity contribution >= 4 is 35.2 Å². The van der Waals surface area contributed by atoms with Crippen molar-refractivity contribution < 1.29 is 14.4 Å². The second-order valence-corrected chi connectivity index (χ2v) is 6.77. The van der Waals surface area contributed by atoms with E-state index in [0.717, 1.165) is 24.1 Å². The summed E-state index contributed by atoms with van der Waals surface area (Å²) in [5, 5.41) is 5.70. The Hall–Kier alpha value is -2.02. The van der Waals surface area contributed by atoms with Gasteiger partial charge in [0.25, 0.3) is 0 Å². The topological polar surface area (TPSA) is 78.5 Å². The van der Waals surface area contributed by atoms with E-state index in [9.17, 15) is 14.4 Å². The van der Waals surface area contributed by atoms with Crippen LogP contribution in [0, 0.1) is 5.92 Å². The zero-order valence-electron chi connectivity index (χ0n) is 12.7. The second-order valence-electron chi connectivity index (χ2n) is 5.81. The van der Waals surface area contributed by atoms with Crippen LogP contribution in [0.5, 0.6) is 0 Å². The average molecular weight is 333 g/mol. The first-order valence-electron chi connectivity index (χ1n) is 7.64. The van der Waals surface area contributed by atoms with Gasteiger partial charge in [-0.25, -0.2) is 0 Å². The van der Waals surface area contributed by atoms with Crippen LogP contribution < -0.4 is 10.6 Å². The molecule has 0 aromatic heterocycles. The van der Waals surface area contributed by atoms with Crippen molar-refractivity contribution in [2.24, 2.45) is 5.92 Å². The predicted molar refractivity (Wildman–Crippen MR) is 88.7 cm³/mol. The van der Waals surface area contributed by atoms with Crippen molar-refractivity contribution in [1.29, 1.82) is 0 Å². The third kappa shape index (κ3) is 4.48. The highest BCUT2D eigenvalue weighted by Crippen LogP contribution is 2.30. The molecule has 23 heavy (non-hydrogen) atoms. The van der Waals surface area contributed by atoms with E-state index in [1.54, 1.807) is 4.90 Å². The number of nitrogens with zero attached hydrogens (tertiary/aromatic N) is 1. The van der Waals surface area contributed by atoms with E-state index in [1.807, 2.05) is 24.3 Å². The highest BCUT2D eigenvalue weighted by molar-refractivity contribution is 8.00. The molecule has 2 N–H and O–H groups in total. The average Bonchev–Trinajstić information content (AvgIpc) is 3.31. The fourth-order valence-electron chi connectivity index (χ4n) is 2.32. The van der Waals surface area contributed by atoms with Crippen LogP contribution in [0.3, 0.4) is 0 Å². The molecule has 1 aromatic carbocycles. The molecule has 3 amide bonds. The van der Waals surface area contributed by atoms with Gasteiger partial charge in [-0.05, 0) is 30.5 Å². The molecule has 2 aliphatic rings. The molecule has 0 unspecified atom stereocenters. The summed E-state index contributed by atoms with van der Waals surface area (Å²) in [5.74, 6) is 1.10. The Morgan fingerprint density at radius 2 is 2.13 bits per heavy atom. The van der Waals surface area contributed by atoms with Gasteiger partial charge in [0.15, 0.2) is 0 Å². The van der Waals surface area contributed by atoms with Crippen molar-refractivity contribution in [2.45, 2.75) is 19.4 Å². The summed E-state index contributed by atoms with van der Waals surface area (Å²) < 4.78 is 0. The van der Waals surface area contributed by atoms with Crippen LogP contribution in [0.15, 0.2) is 24.3 Å². The van der Waals surface area contributed by atoms with Crippen LogP contribution in [-0.4, -0.2) is 40.8 Å². The second kappa shape index (κ2) is 7.04. The van der Waals surface area contributed by atoms with Gasteiger partial charge in [0.2, 0.25) is 17.7 Å². The molecule has 2 fully saturated rings. The lowest BCUT2D eigenvalue weighted by molar-refractivity contribution is -0.132. The van der Waals surface area contributed by atoms with Gasteiger partial charge in [0.1, 0.15) is 6.54 Å². The summed E-state index contributed by atoms with van der Waals surface area (Å²) in [6, 6.07) is 7.44. The van der Waals surface area contributed by atoms with Crippen LogP contribution in [-0.2, 0) is 20.9 Å². The minimum absolute atomic E-state index is 0.00920. The van der Waals surface area contributed by atoms with Crippen molar-refractivity contribution in [2.75, 3.05) is 23.5 Å². The van der Waals surface area contributed by atoms with Crippen LogP contribution in [0.4, 0.5) is 5.69 Å². The van der Waals surface area contributed by atoms with E-state index in [1.165, 1.54) is 11.8 Å². The minimum atomic E-state index is -0.173. The van der Waals surface area contributed by atoms with Gasteiger partial charge in [0, 0.05) is 18.2 Å². The number of carbonyl (C=O) groups excluding carboxylic acids is 3. The first kappa shape index (κ1) is 15.9. The van der Waals surface area contributed by atoms with Crippen molar-refractivity contribution in [1.82, 2.24) is 10.2 Å². The molecule has 0 atom stereocenters. The number of amides is 3. The number of thioether (sulfide) groups is 1. The fourth-order valence-corrected chi connectivity index (χ4v) is 3.22. The van der Waals surface area contributed by atoms with Crippen LogP contribution in [0.1, 0.15) is 18.4 Å². The van der Waals surface area contributed by atoms with Crippen LogP contribution >= 0.6 is 11.8 Å². The molecule has 3 rings (SSSR count). The summed E-state index contributed by atoms with van der Waals surface area (Å²) >= 11 is 1.52. The lowest BCUT2D eigenvalue weighted by Gasteiger charge is -2.14.